The van der Waals surface area contributed by atoms with Crippen molar-refractivity contribution in [2.75, 3.05) is 12.3 Å². The summed E-state index contributed by atoms with van der Waals surface area (Å²) < 4.78 is 0. The smallest absolute Gasteiger partial charge is 0.162 e. The van der Waals surface area contributed by atoms with Crippen LogP contribution in [0, 0.1) is 0 Å². The van der Waals surface area contributed by atoms with Gasteiger partial charge in [-0.3, -0.25) is 4.99 Å². The SMILES string of the molecule is C=CC/N=C(/N/C=N\N)SCC=C. The fraction of sp³-hybridized carbons (Fsp3) is 0.250. The van der Waals surface area contributed by atoms with Crippen LogP contribution in [0.1, 0.15) is 0 Å². The maximum Gasteiger partial charge on any atom is 0.162 e. The second-order valence-electron chi connectivity index (χ2n) is 1.96. The fourth-order valence-electron chi connectivity index (χ4n) is 0.511. The monoisotopic (exact) mass is 198 g/mol. The van der Waals surface area contributed by atoms with Crippen molar-refractivity contribution >= 4 is 23.3 Å². The molecule has 0 aromatic carbocycles. The number of amidine groups is 1. The third-order valence-corrected chi connectivity index (χ3v) is 1.89. The number of hydrazone groups is 1. The van der Waals surface area contributed by atoms with Gasteiger partial charge in [0.05, 0.1) is 6.54 Å². The lowest BCUT2D eigenvalue weighted by atomic mass is 10.7. The summed E-state index contributed by atoms with van der Waals surface area (Å²) in [5, 5.41) is 6.91. The molecule has 0 aliphatic rings. The molecule has 13 heavy (non-hydrogen) atoms. The summed E-state index contributed by atoms with van der Waals surface area (Å²) in [7, 11) is 0. The second-order valence-corrected chi connectivity index (χ2v) is 2.97. The van der Waals surface area contributed by atoms with Crippen molar-refractivity contribution in [2.24, 2.45) is 15.9 Å². The summed E-state index contributed by atoms with van der Waals surface area (Å²) in [5.41, 5.74) is 0. The molecule has 72 valence electrons. The molecule has 0 unspecified atom stereocenters. The first kappa shape index (κ1) is 11.8. The summed E-state index contributed by atoms with van der Waals surface area (Å²) in [6, 6.07) is 0. The van der Waals surface area contributed by atoms with Crippen molar-refractivity contribution in [1.82, 2.24) is 5.32 Å². The highest BCUT2D eigenvalue weighted by Gasteiger charge is 1.94. The standard InChI is InChI=1S/C8H14N4S/c1-3-5-10-8(11-7-12-9)13-6-4-2/h3-4,7H,1-2,5-6,9H2,(H,10,11,12). The molecule has 3 N–H and O–H groups in total. The molecular formula is C8H14N4S. The number of nitrogens with one attached hydrogen (secondary N) is 1. The van der Waals surface area contributed by atoms with Crippen molar-refractivity contribution in [2.45, 2.75) is 0 Å². The van der Waals surface area contributed by atoms with Gasteiger partial charge in [0.1, 0.15) is 6.34 Å². The molecule has 0 amide bonds. The van der Waals surface area contributed by atoms with Crippen LogP contribution in [0.3, 0.4) is 0 Å². The Morgan fingerprint density at radius 2 is 2.23 bits per heavy atom. The van der Waals surface area contributed by atoms with Crippen LogP contribution in [0.5, 0.6) is 0 Å². The number of nitrogens with zero attached hydrogens (tertiary/aromatic N) is 2. The molecule has 0 saturated heterocycles. The second kappa shape index (κ2) is 8.86. The first-order chi connectivity index (χ1) is 6.35. The van der Waals surface area contributed by atoms with Crippen molar-refractivity contribution in [3.8, 4) is 0 Å². The van der Waals surface area contributed by atoms with Gasteiger partial charge in [-0.05, 0) is 0 Å². The van der Waals surface area contributed by atoms with Crippen molar-refractivity contribution in [1.29, 1.82) is 0 Å². The summed E-state index contributed by atoms with van der Waals surface area (Å²) in [4.78, 5) is 4.17. The minimum absolute atomic E-state index is 0.574. The molecule has 0 saturated carbocycles. The Balaban J connectivity index is 3.99. The van der Waals surface area contributed by atoms with Gasteiger partial charge in [0.2, 0.25) is 0 Å². The number of rotatable bonds is 5. The molecule has 0 fully saturated rings. The Morgan fingerprint density at radius 1 is 1.46 bits per heavy atom. The Bertz CT molecular complexity index is 210. The van der Waals surface area contributed by atoms with E-state index >= 15 is 0 Å². The Kier molecular flexibility index (Phi) is 8.02. The first-order valence-electron chi connectivity index (χ1n) is 3.72. The molecule has 0 aliphatic heterocycles. The first-order valence-corrected chi connectivity index (χ1v) is 4.71. The van der Waals surface area contributed by atoms with E-state index in [1.165, 1.54) is 18.1 Å². The lowest BCUT2D eigenvalue weighted by molar-refractivity contribution is 1.20. The lowest BCUT2D eigenvalue weighted by Gasteiger charge is -2.01. The van der Waals surface area contributed by atoms with Crippen LogP contribution in [0.4, 0.5) is 0 Å². The largest absolute Gasteiger partial charge is 0.324 e. The highest BCUT2D eigenvalue weighted by Crippen LogP contribution is 2.01. The van der Waals surface area contributed by atoms with E-state index in [0.717, 1.165) is 10.9 Å². The third-order valence-electron chi connectivity index (χ3n) is 0.964. The van der Waals surface area contributed by atoms with E-state index < -0.39 is 0 Å². The third kappa shape index (κ3) is 7.14. The molecule has 0 aromatic rings. The van der Waals surface area contributed by atoms with E-state index in [4.69, 9.17) is 5.84 Å². The van der Waals surface area contributed by atoms with Crippen molar-refractivity contribution in [3.63, 3.8) is 0 Å². The normalized spacial score (nSPS) is 11.5. The van der Waals surface area contributed by atoms with Crippen molar-refractivity contribution in [3.05, 3.63) is 25.3 Å². The van der Waals surface area contributed by atoms with Crippen LogP contribution in [0.15, 0.2) is 35.4 Å². The zero-order valence-corrected chi connectivity index (χ0v) is 8.26. The van der Waals surface area contributed by atoms with E-state index in [9.17, 15) is 0 Å². The summed E-state index contributed by atoms with van der Waals surface area (Å²) in [6.07, 6.45) is 4.91. The van der Waals surface area contributed by atoms with Gasteiger partial charge in [-0.15, -0.1) is 13.2 Å². The molecular weight excluding hydrogens is 184 g/mol. The summed E-state index contributed by atoms with van der Waals surface area (Å²) >= 11 is 1.53. The highest BCUT2D eigenvalue weighted by molar-refractivity contribution is 8.14. The lowest BCUT2D eigenvalue weighted by Crippen LogP contribution is -2.19. The van der Waals surface area contributed by atoms with Crippen molar-refractivity contribution < 1.29 is 0 Å². The minimum atomic E-state index is 0.574. The number of nitrogens with two attached hydrogens (primary N) is 1. The Morgan fingerprint density at radius 3 is 2.77 bits per heavy atom. The minimum Gasteiger partial charge on any atom is -0.324 e. The van der Waals surface area contributed by atoms with Crippen LogP contribution < -0.4 is 11.2 Å². The predicted molar refractivity (Wildman–Crippen MR) is 61.0 cm³/mol. The van der Waals surface area contributed by atoms with Gasteiger partial charge in [-0.25, -0.2) is 0 Å². The zero-order valence-electron chi connectivity index (χ0n) is 7.44. The Labute approximate surface area is 82.7 Å². The number of hydrogen-bond donors (Lipinski definition) is 2. The maximum atomic E-state index is 4.94. The highest BCUT2D eigenvalue weighted by atomic mass is 32.2. The van der Waals surface area contributed by atoms with E-state index in [2.05, 4.69) is 28.6 Å². The van der Waals surface area contributed by atoms with Crippen LogP contribution in [-0.4, -0.2) is 23.8 Å². The van der Waals surface area contributed by atoms with Gasteiger partial charge in [-0.1, -0.05) is 23.9 Å². The molecule has 5 heteroatoms. The molecule has 0 atom stereocenters. The zero-order chi connectivity index (χ0) is 9.94. The number of hydrogen-bond acceptors (Lipinski definition) is 4. The number of aliphatic imine (C=N–C) groups is 1. The number of thioether (sulfide) groups is 1. The molecule has 0 spiro atoms. The van der Waals surface area contributed by atoms with Gasteiger partial charge in [0, 0.05) is 5.75 Å². The maximum absolute atomic E-state index is 4.94. The Hall–Kier alpha value is -1.23. The van der Waals surface area contributed by atoms with Gasteiger partial charge in [0.25, 0.3) is 0 Å². The van der Waals surface area contributed by atoms with Gasteiger partial charge in [-0.2, -0.15) is 5.10 Å². The quantitative estimate of drug-likeness (QED) is 0.227. The average molecular weight is 198 g/mol. The van der Waals surface area contributed by atoms with E-state index in [1.807, 2.05) is 0 Å². The van der Waals surface area contributed by atoms with Gasteiger partial charge in [0.15, 0.2) is 5.17 Å². The van der Waals surface area contributed by atoms with E-state index in [-0.39, 0.29) is 0 Å². The average Bonchev–Trinajstić information content (AvgIpc) is 2.17. The predicted octanol–water partition coefficient (Wildman–Crippen LogP) is 0.939. The van der Waals surface area contributed by atoms with Gasteiger partial charge < -0.3 is 11.2 Å². The fourth-order valence-corrected chi connectivity index (χ4v) is 1.09. The molecule has 0 rings (SSSR count). The summed E-state index contributed by atoms with van der Waals surface area (Å²) in [5.74, 6) is 5.73. The topological polar surface area (TPSA) is 62.8 Å². The molecule has 0 heterocycles. The van der Waals surface area contributed by atoms with E-state index in [1.54, 1.807) is 12.2 Å². The summed E-state index contributed by atoms with van der Waals surface area (Å²) in [6.45, 7) is 7.76. The van der Waals surface area contributed by atoms with E-state index in [0.29, 0.717) is 6.54 Å². The molecule has 4 nitrogen and oxygen atoms in total. The van der Waals surface area contributed by atoms with Crippen LogP contribution >= 0.6 is 11.8 Å². The van der Waals surface area contributed by atoms with Crippen LogP contribution in [0.25, 0.3) is 0 Å². The molecule has 0 aliphatic carbocycles. The molecule has 0 aromatic heterocycles. The molecule has 0 radical (unpaired) electrons. The van der Waals surface area contributed by atoms with Gasteiger partial charge >= 0.3 is 0 Å². The van der Waals surface area contributed by atoms with Crippen LogP contribution in [0.2, 0.25) is 0 Å². The van der Waals surface area contributed by atoms with Crippen LogP contribution in [-0.2, 0) is 0 Å². The molecule has 0 bridgehead atoms.